The molecule has 3 aromatic carbocycles. The molecule has 0 heterocycles. The van der Waals surface area contributed by atoms with Crippen LogP contribution in [-0.4, -0.2) is 13.2 Å². The Labute approximate surface area is 206 Å². The van der Waals surface area contributed by atoms with Crippen LogP contribution in [0.5, 0.6) is 11.5 Å². The van der Waals surface area contributed by atoms with Gasteiger partial charge in [0.1, 0.15) is 11.5 Å². The first-order valence-electron chi connectivity index (χ1n) is 9.75. The van der Waals surface area contributed by atoms with Crippen LogP contribution >= 0.6 is 45.2 Å². The Morgan fingerprint density at radius 2 is 1.00 bits per heavy atom. The summed E-state index contributed by atoms with van der Waals surface area (Å²) in [4.78, 5) is 0. The molecule has 3 aromatic rings. The Morgan fingerprint density at radius 1 is 0.633 bits per heavy atom. The van der Waals surface area contributed by atoms with E-state index in [0.717, 1.165) is 53.8 Å². The summed E-state index contributed by atoms with van der Waals surface area (Å²) >= 11 is 4.59. The van der Waals surface area contributed by atoms with Gasteiger partial charge in [-0.1, -0.05) is 73.8 Å². The van der Waals surface area contributed by atoms with Gasteiger partial charge in [-0.05, 0) is 79.6 Å². The standard InChI is InChI=1S/C26H24I2O2/c1-19(21-9-5-3-6-10-21)13-15-29-25-17-24(28)26(18-23(25)27)30-16-14-20(2)22-11-7-4-8-12-22/h3-12,17-18H,1-2,13-16H2. The highest BCUT2D eigenvalue weighted by Gasteiger charge is 2.10. The number of benzene rings is 3. The van der Waals surface area contributed by atoms with Crippen molar-refractivity contribution in [3.05, 3.63) is 104 Å². The maximum Gasteiger partial charge on any atom is 0.133 e. The first-order valence-corrected chi connectivity index (χ1v) is 11.9. The van der Waals surface area contributed by atoms with E-state index < -0.39 is 0 Å². The third kappa shape index (κ3) is 6.60. The quantitative estimate of drug-likeness (QED) is 0.215. The van der Waals surface area contributed by atoms with Crippen LogP contribution in [0.1, 0.15) is 24.0 Å². The number of hydrogen-bond acceptors (Lipinski definition) is 2. The monoisotopic (exact) mass is 622 g/mol. The van der Waals surface area contributed by atoms with Crippen molar-refractivity contribution in [2.75, 3.05) is 13.2 Å². The van der Waals surface area contributed by atoms with Crippen molar-refractivity contribution in [1.29, 1.82) is 0 Å². The fourth-order valence-corrected chi connectivity index (χ4v) is 4.12. The lowest BCUT2D eigenvalue weighted by Crippen LogP contribution is -2.03. The topological polar surface area (TPSA) is 18.5 Å². The fraction of sp³-hybridized carbons (Fsp3) is 0.154. The lowest BCUT2D eigenvalue weighted by molar-refractivity contribution is 0.314. The normalized spacial score (nSPS) is 10.5. The van der Waals surface area contributed by atoms with Gasteiger partial charge in [0.05, 0.1) is 20.4 Å². The largest absolute Gasteiger partial charge is 0.492 e. The van der Waals surface area contributed by atoms with Crippen molar-refractivity contribution in [3.8, 4) is 11.5 Å². The molecule has 0 amide bonds. The molecule has 4 heteroatoms. The first kappa shape index (κ1) is 22.9. The highest BCUT2D eigenvalue weighted by atomic mass is 127. The van der Waals surface area contributed by atoms with Crippen molar-refractivity contribution < 1.29 is 9.47 Å². The molecule has 0 atom stereocenters. The van der Waals surface area contributed by atoms with Crippen LogP contribution in [0, 0.1) is 7.14 Å². The van der Waals surface area contributed by atoms with Gasteiger partial charge in [0.15, 0.2) is 0 Å². The smallest absolute Gasteiger partial charge is 0.133 e. The van der Waals surface area contributed by atoms with Gasteiger partial charge in [0, 0.05) is 12.8 Å². The zero-order chi connectivity index (χ0) is 21.3. The van der Waals surface area contributed by atoms with Crippen molar-refractivity contribution in [2.45, 2.75) is 12.8 Å². The number of hydrogen-bond donors (Lipinski definition) is 0. The van der Waals surface area contributed by atoms with E-state index >= 15 is 0 Å². The molecule has 3 rings (SSSR count). The van der Waals surface area contributed by atoms with Gasteiger partial charge < -0.3 is 9.47 Å². The summed E-state index contributed by atoms with van der Waals surface area (Å²) in [6.07, 6.45) is 1.58. The van der Waals surface area contributed by atoms with Crippen molar-refractivity contribution in [1.82, 2.24) is 0 Å². The van der Waals surface area contributed by atoms with E-state index in [1.54, 1.807) is 0 Å². The van der Waals surface area contributed by atoms with Gasteiger partial charge in [-0.25, -0.2) is 0 Å². The maximum absolute atomic E-state index is 6.02. The minimum Gasteiger partial charge on any atom is -0.492 e. The molecule has 2 nitrogen and oxygen atoms in total. The van der Waals surface area contributed by atoms with E-state index in [9.17, 15) is 0 Å². The molecule has 30 heavy (non-hydrogen) atoms. The van der Waals surface area contributed by atoms with E-state index in [1.165, 1.54) is 0 Å². The molecule has 0 fully saturated rings. The lowest BCUT2D eigenvalue weighted by atomic mass is 10.1. The van der Waals surface area contributed by atoms with Crippen molar-refractivity contribution >= 4 is 56.3 Å². The molecule has 0 spiro atoms. The number of halogens is 2. The summed E-state index contributed by atoms with van der Waals surface area (Å²) in [6.45, 7) is 9.53. The van der Waals surface area contributed by atoms with Crippen LogP contribution in [0.2, 0.25) is 0 Å². The summed E-state index contributed by atoms with van der Waals surface area (Å²) in [6, 6.07) is 24.5. The van der Waals surface area contributed by atoms with Gasteiger partial charge in [-0.15, -0.1) is 0 Å². The third-order valence-corrected chi connectivity index (χ3v) is 6.36. The summed E-state index contributed by atoms with van der Waals surface area (Å²) < 4.78 is 14.1. The second-order valence-electron chi connectivity index (χ2n) is 6.85. The zero-order valence-corrected chi connectivity index (χ0v) is 21.1. The second-order valence-corrected chi connectivity index (χ2v) is 9.17. The van der Waals surface area contributed by atoms with Gasteiger partial charge >= 0.3 is 0 Å². The summed E-state index contributed by atoms with van der Waals surface area (Å²) in [7, 11) is 0. The minimum absolute atomic E-state index is 0.594. The third-order valence-electron chi connectivity index (χ3n) is 4.67. The van der Waals surface area contributed by atoms with E-state index in [2.05, 4.69) is 82.6 Å². The lowest BCUT2D eigenvalue weighted by Gasteiger charge is -2.14. The SMILES string of the molecule is C=C(CCOc1cc(I)c(OCCC(=C)c2ccccc2)cc1I)c1ccccc1. The van der Waals surface area contributed by atoms with E-state index in [4.69, 9.17) is 9.47 Å². The zero-order valence-electron chi connectivity index (χ0n) is 16.7. The molecule has 0 aliphatic rings. The first-order chi connectivity index (χ1) is 14.5. The highest BCUT2D eigenvalue weighted by molar-refractivity contribution is 14.1. The molecule has 0 radical (unpaired) electrons. The Hall–Kier alpha value is -1.80. The number of ether oxygens (including phenoxy) is 2. The van der Waals surface area contributed by atoms with Crippen molar-refractivity contribution in [3.63, 3.8) is 0 Å². The average molecular weight is 622 g/mol. The van der Waals surface area contributed by atoms with E-state index in [0.29, 0.717) is 13.2 Å². The summed E-state index contributed by atoms with van der Waals surface area (Å²) in [5.74, 6) is 1.75. The molecular weight excluding hydrogens is 598 g/mol. The summed E-state index contributed by atoms with van der Waals surface area (Å²) in [5.41, 5.74) is 4.48. The molecular formula is C26H24I2O2. The molecule has 0 saturated heterocycles. The molecule has 0 saturated carbocycles. The fourth-order valence-electron chi connectivity index (χ4n) is 2.94. The minimum atomic E-state index is 0.594. The predicted octanol–water partition coefficient (Wildman–Crippen LogP) is 7.86. The average Bonchev–Trinajstić information content (AvgIpc) is 2.77. The van der Waals surface area contributed by atoms with Crippen LogP contribution in [-0.2, 0) is 0 Å². The maximum atomic E-state index is 6.02. The molecule has 154 valence electrons. The van der Waals surface area contributed by atoms with Crippen LogP contribution in [0.4, 0.5) is 0 Å². The van der Waals surface area contributed by atoms with Crippen LogP contribution in [0.3, 0.4) is 0 Å². The second kappa shape index (κ2) is 11.6. The Balaban J connectivity index is 1.51. The number of rotatable bonds is 10. The van der Waals surface area contributed by atoms with Crippen LogP contribution in [0.15, 0.2) is 86.0 Å². The Kier molecular flexibility index (Phi) is 8.81. The van der Waals surface area contributed by atoms with Crippen LogP contribution < -0.4 is 9.47 Å². The van der Waals surface area contributed by atoms with Gasteiger partial charge in [0.2, 0.25) is 0 Å². The predicted molar refractivity (Wildman–Crippen MR) is 143 cm³/mol. The van der Waals surface area contributed by atoms with Crippen LogP contribution in [0.25, 0.3) is 11.1 Å². The molecule has 0 aliphatic heterocycles. The summed E-state index contributed by atoms with van der Waals surface area (Å²) in [5, 5.41) is 0. The Morgan fingerprint density at radius 3 is 1.37 bits per heavy atom. The molecule has 0 unspecified atom stereocenters. The molecule has 0 aromatic heterocycles. The highest BCUT2D eigenvalue weighted by Crippen LogP contribution is 2.32. The van der Waals surface area contributed by atoms with E-state index in [-0.39, 0.29) is 0 Å². The van der Waals surface area contributed by atoms with Gasteiger partial charge in [-0.3, -0.25) is 0 Å². The molecule has 0 bridgehead atoms. The van der Waals surface area contributed by atoms with Gasteiger partial charge in [-0.2, -0.15) is 0 Å². The van der Waals surface area contributed by atoms with Crippen molar-refractivity contribution in [2.24, 2.45) is 0 Å². The Bertz CT molecular complexity index is 915. The molecule has 0 aliphatic carbocycles. The van der Waals surface area contributed by atoms with Gasteiger partial charge in [0.25, 0.3) is 0 Å². The van der Waals surface area contributed by atoms with E-state index in [1.807, 2.05) is 48.5 Å². The molecule has 0 N–H and O–H groups in total.